The Morgan fingerprint density at radius 3 is 2.64 bits per heavy atom. The highest BCUT2D eigenvalue weighted by molar-refractivity contribution is 7.15. The molecule has 0 aliphatic carbocycles. The van der Waals surface area contributed by atoms with Crippen molar-refractivity contribution in [2.75, 3.05) is 19.8 Å². The summed E-state index contributed by atoms with van der Waals surface area (Å²) in [6.07, 6.45) is 8.31. The summed E-state index contributed by atoms with van der Waals surface area (Å²) in [7, 11) is 0. The minimum atomic E-state index is -0.222. The average Bonchev–Trinajstić information content (AvgIpc) is 3.33. The topological polar surface area (TPSA) is 86.2 Å². The van der Waals surface area contributed by atoms with Crippen molar-refractivity contribution in [3.05, 3.63) is 58.6 Å². The molecule has 7 nitrogen and oxygen atoms in total. The van der Waals surface area contributed by atoms with Crippen LogP contribution in [0.25, 0.3) is 10.6 Å². The number of carbonyl (C=O) groups excluding carboxylic acids is 1. The lowest BCUT2D eigenvalue weighted by molar-refractivity contribution is 0.0497. The highest BCUT2D eigenvalue weighted by atomic mass is 32.1. The summed E-state index contributed by atoms with van der Waals surface area (Å²) >= 11 is 1.64. The van der Waals surface area contributed by atoms with Gasteiger partial charge in [0.25, 0.3) is 5.91 Å². The maximum Gasteiger partial charge on any atom is 0.251 e. The lowest BCUT2D eigenvalue weighted by Crippen LogP contribution is -2.27. The number of aromatic nitrogens is 3. The Morgan fingerprint density at radius 1 is 1.18 bits per heavy atom. The molecule has 0 saturated carbocycles. The van der Waals surface area contributed by atoms with Gasteiger partial charge in [-0.2, -0.15) is 0 Å². The molecule has 1 aromatic carbocycles. The minimum absolute atomic E-state index is 0.173. The van der Waals surface area contributed by atoms with E-state index < -0.39 is 0 Å². The summed E-state index contributed by atoms with van der Waals surface area (Å²) < 4.78 is 11.6. The van der Waals surface area contributed by atoms with E-state index in [9.17, 15) is 4.79 Å². The fourth-order valence-corrected chi connectivity index (χ4v) is 4.50. The third-order valence-corrected chi connectivity index (χ3v) is 6.98. The highest BCUT2D eigenvalue weighted by Crippen LogP contribution is 2.31. The number of amides is 1. The van der Waals surface area contributed by atoms with Gasteiger partial charge >= 0.3 is 0 Å². The SMILES string of the molecule is CCc1cnc(-c2cc(OCC3CCOCC3)cc(C(=O)NC(C)c3cnc(C)nc3)c2)s1. The number of nitrogens with zero attached hydrogens (tertiary/aromatic N) is 3. The van der Waals surface area contributed by atoms with Crippen LogP contribution in [0.5, 0.6) is 5.75 Å². The van der Waals surface area contributed by atoms with Crippen molar-refractivity contribution in [3.63, 3.8) is 0 Å². The Labute approximate surface area is 198 Å². The van der Waals surface area contributed by atoms with Crippen molar-refractivity contribution in [1.82, 2.24) is 20.3 Å². The number of benzene rings is 1. The van der Waals surface area contributed by atoms with E-state index in [1.165, 1.54) is 4.88 Å². The smallest absolute Gasteiger partial charge is 0.251 e. The molecule has 1 amide bonds. The average molecular weight is 467 g/mol. The van der Waals surface area contributed by atoms with Crippen LogP contribution < -0.4 is 10.1 Å². The van der Waals surface area contributed by atoms with Crippen LogP contribution in [0.3, 0.4) is 0 Å². The molecule has 3 aromatic rings. The predicted molar refractivity (Wildman–Crippen MR) is 129 cm³/mol. The Bertz CT molecular complexity index is 1080. The van der Waals surface area contributed by atoms with Gasteiger partial charge in [-0.05, 0) is 57.2 Å². The monoisotopic (exact) mass is 466 g/mol. The summed E-state index contributed by atoms with van der Waals surface area (Å²) in [5.74, 6) is 1.68. The van der Waals surface area contributed by atoms with Gasteiger partial charge in [-0.15, -0.1) is 11.3 Å². The fraction of sp³-hybridized carbons (Fsp3) is 0.440. The summed E-state index contributed by atoms with van der Waals surface area (Å²) in [6, 6.07) is 5.45. The van der Waals surface area contributed by atoms with Crippen LogP contribution >= 0.6 is 11.3 Å². The number of ether oxygens (including phenoxy) is 2. The van der Waals surface area contributed by atoms with E-state index in [0.717, 1.165) is 48.6 Å². The Morgan fingerprint density at radius 2 is 1.94 bits per heavy atom. The van der Waals surface area contributed by atoms with Gasteiger partial charge in [-0.3, -0.25) is 4.79 Å². The molecule has 1 aliphatic heterocycles. The molecule has 1 saturated heterocycles. The number of hydrogen-bond donors (Lipinski definition) is 1. The van der Waals surface area contributed by atoms with E-state index in [0.29, 0.717) is 29.7 Å². The first-order chi connectivity index (χ1) is 16.0. The number of carbonyl (C=O) groups is 1. The zero-order valence-electron chi connectivity index (χ0n) is 19.3. The lowest BCUT2D eigenvalue weighted by atomic mass is 10.0. The first-order valence-corrected chi connectivity index (χ1v) is 12.2. The second-order valence-corrected chi connectivity index (χ2v) is 9.47. The van der Waals surface area contributed by atoms with Crippen molar-refractivity contribution in [3.8, 4) is 16.3 Å². The van der Waals surface area contributed by atoms with Crippen molar-refractivity contribution >= 4 is 17.2 Å². The third kappa shape index (κ3) is 6.15. The van der Waals surface area contributed by atoms with E-state index in [2.05, 4.69) is 27.2 Å². The molecule has 33 heavy (non-hydrogen) atoms. The van der Waals surface area contributed by atoms with Crippen LogP contribution in [0.15, 0.2) is 36.8 Å². The maximum atomic E-state index is 13.2. The van der Waals surface area contributed by atoms with E-state index >= 15 is 0 Å². The fourth-order valence-electron chi connectivity index (χ4n) is 3.66. The Hall–Kier alpha value is -2.84. The normalized spacial score (nSPS) is 15.2. The van der Waals surface area contributed by atoms with E-state index in [1.807, 2.05) is 38.2 Å². The molecule has 174 valence electrons. The molecule has 1 aliphatic rings. The first kappa shape index (κ1) is 23.3. The molecule has 4 rings (SSSR count). The summed E-state index contributed by atoms with van der Waals surface area (Å²) in [6.45, 7) is 8.04. The van der Waals surface area contributed by atoms with Crippen LogP contribution in [0.1, 0.15) is 59.4 Å². The van der Waals surface area contributed by atoms with Crippen molar-refractivity contribution < 1.29 is 14.3 Å². The molecule has 1 N–H and O–H groups in total. The molecular weight excluding hydrogens is 436 g/mol. The van der Waals surface area contributed by atoms with Crippen molar-refractivity contribution in [1.29, 1.82) is 0 Å². The summed E-state index contributed by atoms with van der Waals surface area (Å²) in [5.41, 5.74) is 2.29. The van der Waals surface area contributed by atoms with Crippen LogP contribution in [-0.2, 0) is 11.2 Å². The van der Waals surface area contributed by atoms with E-state index in [4.69, 9.17) is 9.47 Å². The first-order valence-electron chi connectivity index (χ1n) is 11.4. The predicted octanol–water partition coefficient (Wildman–Crippen LogP) is 4.77. The molecule has 0 radical (unpaired) electrons. The van der Waals surface area contributed by atoms with Crippen molar-refractivity contribution in [2.45, 2.75) is 46.1 Å². The number of thiazole rings is 1. The molecule has 1 atom stereocenters. The molecule has 0 spiro atoms. The molecular formula is C25H30N4O3S. The van der Waals surface area contributed by atoms with Crippen LogP contribution in [-0.4, -0.2) is 40.7 Å². The zero-order valence-corrected chi connectivity index (χ0v) is 20.2. The Kier molecular flexibility index (Phi) is 7.67. The standard InChI is InChI=1S/C25H30N4O3S/c1-4-23-14-28-25(33-23)20-9-19(10-22(11-20)32-15-18-5-7-31-8-6-18)24(30)29-16(2)21-12-26-17(3)27-13-21/h9-14,16,18H,4-8,15H2,1-3H3,(H,29,30). The van der Waals surface area contributed by atoms with Gasteiger partial charge < -0.3 is 14.8 Å². The molecule has 8 heteroatoms. The molecule has 1 fully saturated rings. The number of nitrogens with one attached hydrogen (secondary N) is 1. The van der Waals surface area contributed by atoms with E-state index in [1.54, 1.807) is 23.7 Å². The van der Waals surface area contributed by atoms with Crippen LogP contribution in [0.4, 0.5) is 0 Å². The van der Waals surface area contributed by atoms with Crippen LogP contribution in [0, 0.1) is 12.8 Å². The quantitative estimate of drug-likeness (QED) is 0.515. The van der Waals surface area contributed by atoms with Gasteiger partial charge in [-0.1, -0.05) is 6.92 Å². The van der Waals surface area contributed by atoms with Gasteiger partial charge in [-0.25, -0.2) is 15.0 Å². The van der Waals surface area contributed by atoms with Gasteiger partial charge in [0.1, 0.15) is 16.6 Å². The summed E-state index contributed by atoms with van der Waals surface area (Å²) in [5, 5.41) is 3.94. The molecule has 2 aromatic heterocycles. The van der Waals surface area contributed by atoms with Gasteiger partial charge in [0.2, 0.25) is 0 Å². The highest BCUT2D eigenvalue weighted by Gasteiger charge is 2.18. The lowest BCUT2D eigenvalue weighted by Gasteiger charge is -2.22. The maximum absolute atomic E-state index is 13.2. The second-order valence-electron chi connectivity index (χ2n) is 8.36. The Balaban J connectivity index is 1.55. The number of hydrogen-bond acceptors (Lipinski definition) is 7. The third-order valence-electron chi connectivity index (χ3n) is 5.79. The van der Waals surface area contributed by atoms with Gasteiger partial charge in [0, 0.05) is 53.4 Å². The zero-order chi connectivity index (χ0) is 23.2. The van der Waals surface area contributed by atoms with Crippen LogP contribution in [0.2, 0.25) is 0 Å². The summed E-state index contributed by atoms with van der Waals surface area (Å²) in [4.78, 5) is 27.4. The van der Waals surface area contributed by atoms with E-state index in [-0.39, 0.29) is 11.9 Å². The number of rotatable bonds is 8. The van der Waals surface area contributed by atoms with Crippen molar-refractivity contribution in [2.24, 2.45) is 5.92 Å². The minimum Gasteiger partial charge on any atom is -0.493 e. The number of aryl methyl sites for hydroxylation is 2. The second kappa shape index (κ2) is 10.9. The van der Waals surface area contributed by atoms with Gasteiger partial charge in [0.05, 0.1) is 12.6 Å². The molecule has 1 unspecified atom stereocenters. The largest absolute Gasteiger partial charge is 0.493 e. The van der Waals surface area contributed by atoms with Gasteiger partial charge in [0.15, 0.2) is 0 Å². The molecule has 0 bridgehead atoms. The molecule has 3 heterocycles.